The average molecular weight is 619 g/mol. The zero-order valence-electron chi connectivity index (χ0n) is 24.5. The first-order valence-corrected chi connectivity index (χ1v) is 14.4. The third-order valence-electron chi connectivity index (χ3n) is 8.12. The third kappa shape index (κ3) is 5.06. The number of anilines is 2. The van der Waals surface area contributed by atoms with Gasteiger partial charge in [0.15, 0.2) is 17.3 Å². The number of pyridine rings is 1. The van der Waals surface area contributed by atoms with Crippen molar-refractivity contribution < 1.29 is 14.0 Å². The van der Waals surface area contributed by atoms with E-state index < -0.39 is 5.41 Å². The standard InChI is InChI=1S/C31H27FN12O2/c1-31(19-11-8-17(9-12-19)10-13-23(45)35-15-22-39-42-43-40-22)24-26(33)36-28(37-27(24)38-30(31)46)25-20-6-4-14-34-29(20)44(41-25)16-18-5-2-3-7-21(18)32/h2-9,11-12,14H,10,13,15-16H2,1H3,(H,35,45)(H,39,40,42,43)(H3,33,36,37,38,46)/t31-/m1/s1. The Morgan fingerprint density at radius 2 is 1.91 bits per heavy atom. The topological polar surface area (TPSA) is 195 Å². The smallest absolute Gasteiger partial charge is 0.240 e. The number of hydrogen-bond donors (Lipinski definition) is 4. The van der Waals surface area contributed by atoms with E-state index in [2.05, 4.69) is 46.2 Å². The minimum absolute atomic E-state index is 0.129. The highest BCUT2D eigenvalue weighted by Gasteiger charge is 2.47. The zero-order chi connectivity index (χ0) is 31.8. The molecule has 2 aromatic carbocycles. The summed E-state index contributed by atoms with van der Waals surface area (Å²) in [6, 6.07) is 17.5. The van der Waals surface area contributed by atoms with Crippen LogP contribution < -0.4 is 16.4 Å². The van der Waals surface area contributed by atoms with Crippen LogP contribution in [-0.4, -0.2) is 57.2 Å². The molecule has 6 aromatic rings. The molecule has 4 aromatic heterocycles. The Labute approximate surface area is 260 Å². The maximum atomic E-state index is 14.5. The summed E-state index contributed by atoms with van der Waals surface area (Å²) in [5.74, 6) is 0.230. The highest BCUT2D eigenvalue weighted by atomic mass is 19.1. The van der Waals surface area contributed by atoms with Gasteiger partial charge in [0.05, 0.1) is 24.0 Å². The number of nitrogens with one attached hydrogen (secondary N) is 3. The van der Waals surface area contributed by atoms with E-state index in [4.69, 9.17) is 10.8 Å². The van der Waals surface area contributed by atoms with Crippen LogP contribution >= 0.6 is 0 Å². The van der Waals surface area contributed by atoms with Gasteiger partial charge in [-0.1, -0.05) is 47.7 Å². The van der Waals surface area contributed by atoms with Crippen LogP contribution in [0.1, 0.15) is 41.4 Å². The fraction of sp³-hybridized carbons (Fsp3) is 0.194. The quantitative estimate of drug-likeness (QED) is 0.187. The molecule has 1 aliphatic rings. The molecule has 0 aliphatic carbocycles. The second-order valence-corrected chi connectivity index (χ2v) is 11.0. The molecule has 1 atom stereocenters. The molecule has 5 heterocycles. The number of fused-ring (bicyclic) bond motifs is 2. The Morgan fingerprint density at radius 1 is 1.09 bits per heavy atom. The second-order valence-electron chi connectivity index (χ2n) is 11.0. The van der Waals surface area contributed by atoms with Gasteiger partial charge in [0.25, 0.3) is 0 Å². The van der Waals surface area contributed by atoms with Gasteiger partial charge >= 0.3 is 0 Å². The van der Waals surface area contributed by atoms with Crippen LogP contribution in [0.4, 0.5) is 16.0 Å². The Bertz CT molecular complexity index is 2100. The first-order valence-electron chi connectivity index (χ1n) is 14.4. The number of halogens is 1. The number of amides is 2. The van der Waals surface area contributed by atoms with E-state index in [9.17, 15) is 14.0 Å². The molecule has 0 fully saturated rings. The lowest BCUT2D eigenvalue weighted by Gasteiger charge is -2.23. The fourth-order valence-corrected chi connectivity index (χ4v) is 5.65. The number of benzene rings is 2. The molecular formula is C31H27FN12O2. The van der Waals surface area contributed by atoms with E-state index >= 15 is 0 Å². The van der Waals surface area contributed by atoms with Crippen LogP contribution in [0.15, 0.2) is 66.9 Å². The molecule has 2 amide bonds. The molecule has 0 radical (unpaired) electrons. The van der Waals surface area contributed by atoms with Crippen LogP contribution in [0.25, 0.3) is 22.6 Å². The molecule has 230 valence electrons. The van der Waals surface area contributed by atoms with Gasteiger partial charge in [-0.2, -0.15) is 10.3 Å². The van der Waals surface area contributed by atoms with Crippen LogP contribution in [0.2, 0.25) is 0 Å². The number of nitrogens with two attached hydrogens (primary N) is 1. The van der Waals surface area contributed by atoms with Crippen LogP contribution in [0.5, 0.6) is 0 Å². The number of nitrogens with zero attached hydrogens (tertiary/aromatic N) is 8. The Hall–Kier alpha value is -6.12. The average Bonchev–Trinajstić information content (AvgIpc) is 3.78. The van der Waals surface area contributed by atoms with E-state index in [1.54, 1.807) is 42.1 Å². The molecule has 0 bridgehead atoms. The van der Waals surface area contributed by atoms with Gasteiger partial charge in [-0.3, -0.25) is 9.59 Å². The first kappa shape index (κ1) is 28.6. The Kier molecular flexibility index (Phi) is 7.11. The van der Waals surface area contributed by atoms with Gasteiger partial charge in [-0.05, 0) is 42.7 Å². The second kappa shape index (κ2) is 11.4. The molecule has 14 nitrogen and oxygen atoms in total. The van der Waals surface area contributed by atoms with Crippen LogP contribution in [0, 0.1) is 5.82 Å². The maximum absolute atomic E-state index is 14.5. The van der Waals surface area contributed by atoms with Crippen molar-refractivity contribution in [2.75, 3.05) is 11.1 Å². The molecule has 0 saturated heterocycles. The number of tetrazole rings is 1. The molecule has 0 saturated carbocycles. The molecule has 7 rings (SSSR count). The summed E-state index contributed by atoms with van der Waals surface area (Å²) in [5.41, 5.74) is 8.86. The molecule has 5 N–H and O–H groups in total. The molecule has 1 aliphatic heterocycles. The van der Waals surface area contributed by atoms with Crippen molar-refractivity contribution >= 4 is 34.5 Å². The van der Waals surface area contributed by atoms with Crippen molar-refractivity contribution in [2.24, 2.45) is 0 Å². The normalized spacial score (nSPS) is 15.6. The highest BCUT2D eigenvalue weighted by molar-refractivity contribution is 6.09. The predicted octanol–water partition coefficient (Wildman–Crippen LogP) is 2.68. The van der Waals surface area contributed by atoms with Gasteiger partial charge < -0.3 is 16.4 Å². The van der Waals surface area contributed by atoms with E-state index in [1.807, 2.05) is 30.3 Å². The number of aromatic amines is 1. The van der Waals surface area contributed by atoms with Crippen molar-refractivity contribution in [3.8, 4) is 11.5 Å². The van der Waals surface area contributed by atoms with E-state index in [0.29, 0.717) is 45.7 Å². The Morgan fingerprint density at radius 3 is 2.70 bits per heavy atom. The number of nitrogen functional groups attached to an aromatic ring is 1. The van der Waals surface area contributed by atoms with Crippen molar-refractivity contribution in [2.45, 2.75) is 38.3 Å². The Balaban J connectivity index is 1.14. The third-order valence-corrected chi connectivity index (χ3v) is 8.12. The zero-order valence-corrected chi connectivity index (χ0v) is 24.5. The van der Waals surface area contributed by atoms with Gasteiger partial charge in [0.2, 0.25) is 11.8 Å². The largest absolute Gasteiger partial charge is 0.383 e. The highest BCUT2D eigenvalue weighted by Crippen LogP contribution is 2.45. The molecular weight excluding hydrogens is 591 g/mol. The van der Waals surface area contributed by atoms with Crippen molar-refractivity contribution in [1.29, 1.82) is 0 Å². The molecule has 0 unspecified atom stereocenters. The minimum Gasteiger partial charge on any atom is -0.383 e. The summed E-state index contributed by atoms with van der Waals surface area (Å²) in [7, 11) is 0. The number of rotatable bonds is 9. The number of aromatic nitrogens is 9. The van der Waals surface area contributed by atoms with E-state index in [0.717, 1.165) is 5.56 Å². The van der Waals surface area contributed by atoms with Gasteiger partial charge in [0.1, 0.15) is 28.6 Å². The summed E-state index contributed by atoms with van der Waals surface area (Å²) >= 11 is 0. The summed E-state index contributed by atoms with van der Waals surface area (Å²) < 4.78 is 16.1. The lowest BCUT2D eigenvalue weighted by molar-refractivity contribution is -0.121. The van der Waals surface area contributed by atoms with E-state index in [1.165, 1.54) is 6.07 Å². The van der Waals surface area contributed by atoms with Crippen molar-refractivity contribution in [3.05, 3.63) is 101 Å². The fourth-order valence-electron chi connectivity index (χ4n) is 5.65. The predicted molar refractivity (Wildman–Crippen MR) is 164 cm³/mol. The number of hydrogen-bond acceptors (Lipinski definition) is 10. The summed E-state index contributed by atoms with van der Waals surface area (Å²) in [6.07, 6.45) is 2.40. The summed E-state index contributed by atoms with van der Waals surface area (Å²) in [4.78, 5) is 39.5. The van der Waals surface area contributed by atoms with Gasteiger partial charge in [-0.15, -0.1) is 10.2 Å². The van der Waals surface area contributed by atoms with Crippen molar-refractivity contribution in [1.82, 2.24) is 50.7 Å². The molecule has 0 spiro atoms. The SMILES string of the molecule is C[C@]1(c2ccc(CCC(=O)NCc3nn[nH]n3)cc2)C(=O)Nc2nc(-c3nn(Cc4ccccc4F)c4ncccc34)nc(N)c21. The first-order chi connectivity index (χ1) is 22.3. The summed E-state index contributed by atoms with van der Waals surface area (Å²) in [5, 5.41) is 24.4. The molecule has 15 heteroatoms. The lowest BCUT2D eigenvalue weighted by atomic mass is 9.77. The van der Waals surface area contributed by atoms with Gasteiger partial charge in [-0.25, -0.2) is 24.0 Å². The van der Waals surface area contributed by atoms with Gasteiger partial charge in [0, 0.05) is 18.2 Å². The number of carbonyl (C=O) groups excluding carboxylic acids is 2. The number of H-pyrrole nitrogens is 1. The maximum Gasteiger partial charge on any atom is 0.240 e. The number of aryl methyl sites for hydroxylation is 1. The monoisotopic (exact) mass is 618 g/mol. The van der Waals surface area contributed by atoms with Crippen LogP contribution in [0.3, 0.4) is 0 Å². The van der Waals surface area contributed by atoms with Crippen LogP contribution in [-0.2, 0) is 34.5 Å². The summed E-state index contributed by atoms with van der Waals surface area (Å²) in [6.45, 7) is 2.11. The number of carbonyl (C=O) groups is 2. The van der Waals surface area contributed by atoms with Crippen molar-refractivity contribution in [3.63, 3.8) is 0 Å². The lowest BCUT2D eigenvalue weighted by Crippen LogP contribution is -2.33. The minimum atomic E-state index is -1.16. The van der Waals surface area contributed by atoms with E-state index in [-0.39, 0.29) is 54.6 Å². The molecule has 46 heavy (non-hydrogen) atoms.